The van der Waals surface area contributed by atoms with Gasteiger partial charge in [0.1, 0.15) is 11.5 Å². The topological polar surface area (TPSA) is 25.4 Å². The van der Waals surface area contributed by atoms with Crippen molar-refractivity contribution in [1.29, 1.82) is 0 Å². The number of benzene rings is 1. The molecule has 0 spiro atoms. The van der Waals surface area contributed by atoms with Crippen LogP contribution in [0.1, 0.15) is 31.9 Å². The van der Waals surface area contributed by atoms with Crippen molar-refractivity contribution in [2.75, 3.05) is 18.0 Å². The summed E-state index contributed by atoms with van der Waals surface area (Å²) in [7, 11) is 0. The van der Waals surface area contributed by atoms with Crippen LogP contribution < -0.4 is 9.64 Å². The number of hydrogen-bond acceptors (Lipinski definition) is 3. The van der Waals surface area contributed by atoms with E-state index >= 15 is 0 Å². The first kappa shape index (κ1) is 17.5. The first-order valence-corrected chi connectivity index (χ1v) is 9.44. The molecule has 0 saturated heterocycles. The second kappa shape index (κ2) is 7.03. The van der Waals surface area contributed by atoms with Gasteiger partial charge in [0.05, 0.1) is 0 Å². The predicted molar refractivity (Wildman–Crippen MR) is 107 cm³/mol. The molecule has 1 aliphatic carbocycles. The third kappa shape index (κ3) is 3.16. The maximum atomic E-state index is 13.8. The third-order valence-electron chi connectivity index (χ3n) is 5.11. The van der Waals surface area contributed by atoms with Crippen molar-refractivity contribution in [3.05, 3.63) is 83.2 Å². The van der Waals surface area contributed by atoms with Crippen LogP contribution >= 0.6 is 0 Å². The molecule has 138 valence electrons. The van der Waals surface area contributed by atoms with Gasteiger partial charge in [-0.05, 0) is 49.6 Å². The molecule has 0 saturated carbocycles. The molecule has 0 fully saturated rings. The van der Waals surface area contributed by atoms with Crippen LogP contribution in [0.15, 0.2) is 66.1 Å². The van der Waals surface area contributed by atoms with Crippen molar-refractivity contribution in [3.8, 4) is 5.75 Å². The lowest BCUT2D eigenvalue weighted by molar-refractivity contribution is 0.426. The summed E-state index contributed by atoms with van der Waals surface area (Å²) in [5.41, 5.74) is 4.88. The number of ether oxygens (including phenoxy) is 1. The van der Waals surface area contributed by atoms with Crippen molar-refractivity contribution in [1.82, 2.24) is 4.98 Å². The van der Waals surface area contributed by atoms with Crippen LogP contribution in [0.3, 0.4) is 0 Å². The number of aromatic nitrogens is 1. The highest BCUT2D eigenvalue weighted by molar-refractivity contribution is 5.91. The van der Waals surface area contributed by atoms with Gasteiger partial charge in [0.15, 0.2) is 0 Å². The minimum atomic E-state index is -0.480. The van der Waals surface area contributed by atoms with E-state index in [1.807, 2.05) is 6.07 Å². The van der Waals surface area contributed by atoms with Gasteiger partial charge in [-0.15, -0.1) is 0 Å². The Labute approximate surface area is 159 Å². The van der Waals surface area contributed by atoms with Crippen molar-refractivity contribution < 1.29 is 9.13 Å². The molecule has 2 aliphatic rings. The number of hydrogen-bond donors (Lipinski definition) is 0. The van der Waals surface area contributed by atoms with Crippen LogP contribution in [0.2, 0.25) is 0 Å². The Bertz CT molecular complexity index is 970. The zero-order valence-corrected chi connectivity index (χ0v) is 15.9. The number of allylic oxidation sites excluding steroid dienone is 3. The summed E-state index contributed by atoms with van der Waals surface area (Å²) in [5, 5.41) is 0. The number of anilines is 1. The summed E-state index contributed by atoms with van der Waals surface area (Å²) in [6.45, 7) is 8.27. The minimum Gasteiger partial charge on any atom is -0.456 e. The highest BCUT2D eigenvalue weighted by atomic mass is 19.1. The smallest absolute Gasteiger partial charge is 0.213 e. The average molecular weight is 362 g/mol. The quantitative estimate of drug-likeness (QED) is 0.686. The summed E-state index contributed by atoms with van der Waals surface area (Å²) in [6.07, 6.45) is 7.83. The summed E-state index contributed by atoms with van der Waals surface area (Å²) >= 11 is 0. The van der Waals surface area contributed by atoms with E-state index in [2.05, 4.69) is 67.1 Å². The first-order chi connectivity index (χ1) is 13.1. The summed E-state index contributed by atoms with van der Waals surface area (Å²) in [5.74, 6) is 1.46. The van der Waals surface area contributed by atoms with E-state index in [0.717, 1.165) is 52.6 Å². The number of nitrogens with zero attached hydrogens (tertiary/aromatic N) is 2. The number of halogens is 1. The zero-order chi connectivity index (χ0) is 19.0. The summed E-state index contributed by atoms with van der Waals surface area (Å²) in [4.78, 5) is 5.99. The molecule has 1 aliphatic heterocycles. The van der Waals surface area contributed by atoms with E-state index in [9.17, 15) is 4.39 Å². The lowest BCUT2D eigenvalue weighted by atomic mass is 9.86. The van der Waals surface area contributed by atoms with E-state index in [1.165, 1.54) is 12.3 Å². The maximum absolute atomic E-state index is 13.8. The van der Waals surface area contributed by atoms with Crippen LogP contribution in [-0.2, 0) is 0 Å². The normalized spacial score (nSPS) is 17.8. The molecule has 0 radical (unpaired) electrons. The fourth-order valence-corrected chi connectivity index (χ4v) is 3.73. The van der Waals surface area contributed by atoms with Crippen molar-refractivity contribution >= 4 is 11.3 Å². The van der Waals surface area contributed by atoms with E-state index in [1.54, 1.807) is 0 Å². The molecule has 4 heteroatoms. The fourth-order valence-electron chi connectivity index (χ4n) is 3.73. The van der Waals surface area contributed by atoms with Crippen molar-refractivity contribution in [3.63, 3.8) is 0 Å². The largest absolute Gasteiger partial charge is 0.456 e. The molecule has 0 bridgehead atoms. The summed E-state index contributed by atoms with van der Waals surface area (Å²) in [6, 6.07) is 9.60. The Kier molecular flexibility index (Phi) is 4.56. The molecule has 1 unspecified atom stereocenters. The molecule has 27 heavy (non-hydrogen) atoms. The first-order valence-electron chi connectivity index (χ1n) is 9.44. The maximum Gasteiger partial charge on any atom is 0.213 e. The van der Waals surface area contributed by atoms with Gasteiger partial charge in [-0.3, -0.25) is 0 Å². The van der Waals surface area contributed by atoms with Gasteiger partial charge in [-0.2, -0.15) is 4.39 Å². The van der Waals surface area contributed by atoms with Gasteiger partial charge in [0, 0.05) is 53.8 Å². The Morgan fingerprint density at radius 1 is 1.15 bits per heavy atom. The van der Waals surface area contributed by atoms with Crippen LogP contribution in [0, 0.1) is 11.9 Å². The minimum absolute atomic E-state index is 0.298. The fraction of sp³-hybridized carbons (Fsp3) is 0.261. The second-order valence-electron chi connectivity index (χ2n) is 6.86. The Balaban J connectivity index is 1.92. The number of pyridine rings is 1. The standard InChI is InChI=1S/C23H23FN2O/c1-4-26(5-2)17-7-9-19-21(14-17)27-20-12-15(3)6-8-18(20)23(19)16-10-11-25-22(24)13-16/h6-15H,4-5H2,1-3H3. The number of rotatable bonds is 4. The van der Waals surface area contributed by atoms with E-state index in [-0.39, 0.29) is 0 Å². The van der Waals surface area contributed by atoms with Crippen LogP contribution in [0.4, 0.5) is 10.1 Å². The van der Waals surface area contributed by atoms with Crippen molar-refractivity contribution in [2.24, 2.45) is 5.92 Å². The highest BCUT2D eigenvalue weighted by Gasteiger charge is 2.27. The monoisotopic (exact) mass is 362 g/mol. The second-order valence-corrected chi connectivity index (χ2v) is 6.86. The van der Waals surface area contributed by atoms with Crippen molar-refractivity contribution in [2.45, 2.75) is 20.8 Å². The Morgan fingerprint density at radius 2 is 1.96 bits per heavy atom. The van der Waals surface area contributed by atoms with Crippen LogP contribution in [-0.4, -0.2) is 18.1 Å². The molecular formula is C23H23FN2O. The molecule has 2 heterocycles. The molecule has 2 aromatic rings. The lowest BCUT2D eigenvalue weighted by Crippen LogP contribution is -2.22. The highest BCUT2D eigenvalue weighted by Crippen LogP contribution is 2.44. The van der Waals surface area contributed by atoms with Gasteiger partial charge < -0.3 is 9.64 Å². The Morgan fingerprint density at radius 3 is 2.70 bits per heavy atom. The third-order valence-corrected chi connectivity index (χ3v) is 5.11. The molecule has 1 atom stereocenters. The van der Waals surface area contributed by atoms with Crippen LogP contribution in [0.5, 0.6) is 5.75 Å². The van der Waals surface area contributed by atoms with E-state index < -0.39 is 5.95 Å². The van der Waals surface area contributed by atoms with Gasteiger partial charge in [-0.25, -0.2) is 4.98 Å². The van der Waals surface area contributed by atoms with Gasteiger partial charge in [0.25, 0.3) is 0 Å². The zero-order valence-electron chi connectivity index (χ0n) is 15.9. The molecular weight excluding hydrogens is 339 g/mol. The molecule has 0 amide bonds. The molecule has 0 N–H and O–H groups in total. The Hall–Kier alpha value is -2.88. The molecule has 1 aromatic heterocycles. The predicted octanol–water partition coefficient (Wildman–Crippen LogP) is 5.35. The molecule has 3 nitrogen and oxygen atoms in total. The van der Waals surface area contributed by atoms with E-state index in [0.29, 0.717) is 5.92 Å². The van der Waals surface area contributed by atoms with Gasteiger partial charge in [-0.1, -0.05) is 19.1 Å². The van der Waals surface area contributed by atoms with E-state index in [4.69, 9.17) is 4.74 Å². The SMILES string of the molecule is CCN(CC)c1ccc2c(c1)OC1=CC(C)C=CC1=C2c1ccnc(F)c1. The average Bonchev–Trinajstić information content (AvgIpc) is 2.67. The molecule has 1 aromatic carbocycles. The summed E-state index contributed by atoms with van der Waals surface area (Å²) < 4.78 is 20.1. The van der Waals surface area contributed by atoms with Gasteiger partial charge >= 0.3 is 0 Å². The number of fused-ring (bicyclic) bond motifs is 2. The molecule has 4 rings (SSSR count). The van der Waals surface area contributed by atoms with Gasteiger partial charge in [0.2, 0.25) is 5.95 Å². The van der Waals surface area contributed by atoms with Crippen LogP contribution in [0.25, 0.3) is 5.57 Å². The lowest BCUT2D eigenvalue weighted by Gasteiger charge is -2.29.